The van der Waals surface area contributed by atoms with Gasteiger partial charge in [0.25, 0.3) is 0 Å². The first-order valence-electron chi connectivity index (χ1n) is 8.90. The molecule has 23 heavy (non-hydrogen) atoms. The predicted octanol–water partition coefficient (Wildman–Crippen LogP) is 4.84. The van der Waals surface area contributed by atoms with E-state index in [0.29, 0.717) is 5.92 Å². The first kappa shape index (κ1) is 16.2. The van der Waals surface area contributed by atoms with Crippen molar-refractivity contribution in [2.75, 3.05) is 7.05 Å². The third-order valence-corrected chi connectivity index (χ3v) is 5.59. The number of allylic oxidation sites excluding steroid dienone is 3. The van der Waals surface area contributed by atoms with Gasteiger partial charge in [0.05, 0.1) is 0 Å². The summed E-state index contributed by atoms with van der Waals surface area (Å²) in [7, 11) is 1.98. The van der Waals surface area contributed by atoms with Crippen LogP contribution >= 0.6 is 0 Å². The summed E-state index contributed by atoms with van der Waals surface area (Å²) in [6.07, 6.45) is 15.1. The molecule has 0 spiro atoms. The van der Waals surface area contributed by atoms with E-state index in [2.05, 4.69) is 59.5 Å². The van der Waals surface area contributed by atoms with E-state index in [1.165, 1.54) is 37.7 Å². The van der Waals surface area contributed by atoms with Crippen molar-refractivity contribution in [2.45, 2.75) is 44.2 Å². The van der Waals surface area contributed by atoms with Crippen LogP contribution in [0.4, 0.5) is 0 Å². The van der Waals surface area contributed by atoms with Gasteiger partial charge in [0, 0.05) is 5.92 Å². The Hall–Kier alpha value is -1.67. The Morgan fingerprint density at radius 1 is 1.13 bits per heavy atom. The molecule has 3 rings (SSSR count). The smallest absolute Gasteiger partial charge is 0.141 e. The van der Waals surface area contributed by atoms with Crippen molar-refractivity contribution < 1.29 is 0 Å². The Balaban J connectivity index is 1.80. The highest BCUT2D eigenvalue weighted by molar-refractivity contribution is 5.37. The molecule has 0 saturated heterocycles. The van der Waals surface area contributed by atoms with Crippen LogP contribution < -0.4 is 5.32 Å². The summed E-state index contributed by atoms with van der Waals surface area (Å²) >= 11 is 0. The van der Waals surface area contributed by atoms with E-state index in [9.17, 15) is 0 Å². The summed E-state index contributed by atoms with van der Waals surface area (Å²) < 4.78 is 0. The highest BCUT2D eigenvalue weighted by atomic mass is 15.1. The molecule has 1 aromatic rings. The molecule has 2 unspecified atom stereocenters. The highest BCUT2D eigenvalue weighted by Gasteiger charge is 2.37. The molecule has 2 atom stereocenters. The van der Waals surface area contributed by atoms with Gasteiger partial charge in [0.15, 0.2) is 0 Å². The fourth-order valence-electron chi connectivity index (χ4n) is 4.21. The normalized spacial score (nSPS) is 24.7. The topological polar surface area (TPSA) is 24.4 Å². The molecule has 0 amide bonds. The number of nitrogens with one attached hydrogen (secondary N) is 1. The van der Waals surface area contributed by atoms with Crippen LogP contribution in [0.2, 0.25) is 0 Å². The minimum atomic E-state index is -0.438. The summed E-state index contributed by atoms with van der Waals surface area (Å²) in [5.74, 6) is 1.08. The molecule has 0 aliphatic heterocycles. The Morgan fingerprint density at radius 3 is 2.43 bits per heavy atom. The Kier molecular flexibility index (Phi) is 5.12. The predicted molar refractivity (Wildman–Crippen MR) is 98.6 cm³/mol. The fourth-order valence-corrected chi connectivity index (χ4v) is 4.21. The number of hydrogen-bond donors (Lipinski definition) is 1. The molecule has 0 aromatic heterocycles. The Labute approximate surface area is 140 Å². The lowest BCUT2D eigenvalue weighted by Gasteiger charge is -2.37. The average Bonchev–Trinajstić information content (AvgIpc) is 2.65. The summed E-state index contributed by atoms with van der Waals surface area (Å²) in [4.78, 5) is 4.53. The van der Waals surface area contributed by atoms with Gasteiger partial charge >= 0.3 is 0 Å². The van der Waals surface area contributed by atoms with Crippen molar-refractivity contribution in [2.24, 2.45) is 16.8 Å². The highest BCUT2D eigenvalue weighted by Crippen LogP contribution is 2.39. The first-order valence-corrected chi connectivity index (χ1v) is 8.90. The number of nitrogens with zero attached hydrogens (tertiary/aromatic N) is 1. The second kappa shape index (κ2) is 7.27. The number of hydrogen-bond acceptors (Lipinski definition) is 2. The quantitative estimate of drug-likeness (QED) is 0.773. The standard InChI is InChI=1S/C21H28N2/c1-22-21(23-2,19-11-7-4-8-12-19)20-15-13-18(14-16-20)17-9-5-3-6-10-17/h4,7-8,11-15,17,20,23H,1,3,5-6,9-10,16H2,2H3. The zero-order valence-corrected chi connectivity index (χ0v) is 14.2. The van der Waals surface area contributed by atoms with Gasteiger partial charge in [0.1, 0.15) is 5.66 Å². The van der Waals surface area contributed by atoms with Crippen molar-refractivity contribution >= 4 is 6.72 Å². The molecule has 2 aliphatic rings. The van der Waals surface area contributed by atoms with Gasteiger partial charge in [-0.05, 0) is 50.1 Å². The van der Waals surface area contributed by atoms with Gasteiger partial charge in [0.2, 0.25) is 0 Å². The summed E-state index contributed by atoms with van der Waals surface area (Å²) in [5.41, 5.74) is 2.29. The van der Waals surface area contributed by atoms with Gasteiger partial charge in [-0.2, -0.15) is 0 Å². The number of benzene rings is 1. The van der Waals surface area contributed by atoms with Gasteiger partial charge in [-0.25, -0.2) is 0 Å². The molecule has 1 saturated carbocycles. The van der Waals surface area contributed by atoms with Crippen LogP contribution in [0.3, 0.4) is 0 Å². The third kappa shape index (κ3) is 3.18. The van der Waals surface area contributed by atoms with Gasteiger partial charge in [-0.1, -0.05) is 67.8 Å². The van der Waals surface area contributed by atoms with Crippen LogP contribution in [0.5, 0.6) is 0 Å². The van der Waals surface area contributed by atoms with Crippen molar-refractivity contribution in [3.8, 4) is 0 Å². The van der Waals surface area contributed by atoms with E-state index in [0.717, 1.165) is 12.3 Å². The molecule has 0 heterocycles. The number of rotatable bonds is 5. The number of aliphatic imine (C=N–C) groups is 1. The van der Waals surface area contributed by atoms with Crippen molar-refractivity contribution in [1.29, 1.82) is 0 Å². The zero-order valence-electron chi connectivity index (χ0n) is 14.2. The van der Waals surface area contributed by atoms with E-state index in [1.54, 1.807) is 5.57 Å². The molecule has 1 N–H and O–H groups in total. The Bertz CT molecular complexity index is 581. The van der Waals surface area contributed by atoms with Crippen molar-refractivity contribution in [3.05, 3.63) is 59.7 Å². The van der Waals surface area contributed by atoms with Gasteiger partial charge in [-0.3, -0.25) is 10.3 Å². The maximum atomic E-state index is 4.53. The van der Waals surface area contributed by atoms with Crippen LogP contribution in [0.15, 0.2) is 59.1 Å². The molecule has 0 radical (unpaired) electrons. The van der Waals surface area contributed by atoms with E-state index >= 15 is 0 Å². The second-order valence-electron chi connectivity index (χ2n) is 6.78. The zero-order chi connectivity index (χ0) is 16.1. The van der Waals surface area contributed by atoms with Crippen molar-refractivity contribution in [3.63, 3.8) is 0 Å². The monoisotopic (exact) mass is 308 g/mol. The summed E-state index contributed by atoms with van der Waals surface area (Å²) in [6.45, 7) is 3.90. The largest absolute Gasteiger partial charge is 0.292 e. The minimum absolute atomic E-state index is 0.305. The lowest BCUT2D eigenvalue weighted by atomic mass is 9.76. The van der Waals surface area contributed by atoms with E-state index < -0.39 is 5.66 Å². The molecular weight excluding hydrogens is 280 g/mol. The molecule has 1 aromatic carbocycles. The first-order chi connectivity index (χ1) is 11.3. The van der Waals surface area contributed by atoms with Crippen LogP contribution in [0, 0.1) is 11.8 Å². The van der Waals surface area contributed by atoms with Gasteiger partial charge < -0.3 is 0 Å². The third-order valence-electron chi connectivity index (χ3n) is 5.59. The fraction of sp³-hybridized carbons (Fsp3) is 0.476. The molecule has 0 bridgehead atoms. The lowest BCUT2D eigenvalue weighted by Crippen LogP contribution is -2.44. The molecular formula is C21H28N2. The van der Waals surface area contributed by atoms with Crippen LogP contribution in [0.25, 0.3) is 0 Å². The average molecular weight is 308 g/mol. The van der Waals surface area contributed by atoms with E-state index in [1.807, 2.05) is 13.1 Å². The summed E-state index contributed by atoms with van der Waals surface area (Å²) in [6, 6.07) is 10.5. The van der Waals surface area contributed by atoms with E-state index in [4.69, 9.17) is 0 Å². The summed E-state index contributed by atoms with van der Waals surface area (Å²) in [5, 5.41) is 3.44. The maximum Gasteiger partial charge on any atom is 0.141 e. The van der Waals surface area contributed by atoms with E-state index in [-0.39, 0.29) is 0 Å². The minimum Gasteiger partial charge on any atom is -0.292 e. The molecule has 1 fully saturated rings. The molecule has 2 nitrogen and oxygen atoms in total. The van der Waals surface area contributed by atoms with Crippen LogP contribution in [-0.4, -0.2) is 13.8 Å². The molecule has 122 valence electrons. The van der Waals surface area contributed by atoms with Crippen molar-refractivity contribution in [1.82, 2.24) is 5.32 Å². The Morgan fingerprint density at radius 2 is 1.87 bits per heavy atom. The lowest BCUT2D eigenvalue weighted by molar-refractivity contribution is 0.278. The van der Waals surface area contributed by atoms with Crippen LogP contribution in [0.1, 0.15) is 44.1 Å². The molecule has 2 aliphatic carbocycles. The van der Waals surface area contributed by atoms with Gasteiger partial charge in [-0.15, -0.1) is 0 Å². The maximum absolute atomic E-state index is 4.53. The molecule has 2 heteroatoms. The SMILES string of the molecule is C=NC(NC)(c1ccccc1)C1C=CC(C2CCCCC2)=CC1. The second-order valence-corrected chi connectivity index (χ2v) is 6.78. The van der Waals surface area contributed by atoms with Crippen LogP contribution in [-0.2, 0) is 5.66 Å².